The zero-order chi connectivity index (χ0) is 33.1. The van der Waals surface area contributed by atoms with E-state index in [-0.39, 0.29) is 35.1 Å². The number of rotatable bonds is 7. The third kappa shape index (κ3) is 6.00. The fraction of sp³-hybridized carbons (Fsp3) is 0.394. The quantitative estimate of drug-likeness (QED) is 0.203. The van der Waals surface area contributed by atoms with Crippen molar-refractivity contribution in [1.29, 1.82) is 5.26 Å². The third-order valence-electron chi connectivity index (χ3n) is 9.12. The number of nitrogens with zero attached hydrogens (tertiary/aromatic N) is 5. The molecule has 3 atom stereocenters. The summed E-state index contributed by atoms with van der Waals surface area (Å²) in [6, 6.07) is 13.5. The number of H-pyrrole nitrogens is 1. The van der Waals surface area contributed by atoms with Crippen LogP contribution in [0.15, 0.2) is 48.7 Å². The summed E-state index contributed by atoms with van der Waals surface area (Å²) < 4.78 is 82.4. The van der Waals surface area contributed by atoms with Crippen LogP contribution >= 0.6 is 11.6 Å². The number of alkyl halides is 4. The number of fused-ring (bicyclic) bond motifs is 1. The van der Waals surface area contributed by atoms with Gasteiger partial charge in [-0.3, -0.25) is 15.0 Å². The molecule has 7 rings (SSSR count). The van der Waals surface area contributed by atoms with Gasteiger partial charge in [0.25, 0.3) is 5.79 Å². The second kappa shape index (κ2) is 11.5. The largest absolute Gasteiger partial charge is 0.451 e. The van der Waals surface area contributed by atoms with E-state index in [2.05, 4.69) is 21.1 Å². The minimum Gasteiger partial charge on any atom is -0.444 e. The van der Waals surface area contributed by atoms with Gasteiger partial charge in [-0.2, -0.15) is 23.5 Å². The fourth-order valence-electron chi connectivity index (χ4n) is 6.40. The van der Waals surface area contributed by atoms with Crippen LogP contribution in [0, 0.1) is 22.6 Å². The van der Waals surface area contributed by atoms with E-state index >= 15 is 4.39 Å². The number of hydrogen-bond acceptors (Lipinski definition) is 7. The SMILES string of the molecule is C[C@]1(c2ccc(Cl)cc2F)Oc2cccc(C3CCN(Cc4ncc(-c5n[nH]c(C(F)(F)F)n5)cc4CC4(C#N)CC4)CC3F)c2O1. The normalized spacial score (nSPS) is 23.4. The number of halogens is 6. The van der Waals surface area contributed by atoms with Crippen molar-refractivity contribution in [3.8, 4) is 29.0 Å². The molecule has 2 aromatic heterocycles. The van der Waals surface area contributed by atoms with Crippen molar-refractivity contribution in [1.82, 2.24) is 25.1 Å². The lowest BCUT2D eigenvalue weighted by molar-refractivity contribution is -0.144. The van der Waals surface area contributed by atoms with Gasteiger partial charge in [-0.25, -0.2) is 13.8 Å². The summed E-state index contributed by atoms with van der Waals surface area (Å²) >= 11 is 5.93. The zero-order valence-corrected chi connectivity index (χ0v) is 25.8. The predicted molar refractivity (Wildman–Crippen MR) is 160 cm³/mol. The highest BCUT2D eigenvalue weighted by Gasteiger charge is 2.45. The van der Waals surface area contributed by atoms with E-state index < -0.39 is 41.1 Å². The number of para-hydroxylation sites is 1. The molecule has 0 radical (unpaired) electrons. The topological polar surface area (TPSA) is 100.0 Å². The molecule has 4 heterocycles. The van der Waals surface area contributed by atoms with Crippen LogP contribution in [-0.2, 0) is 24.9 Å². The number of aromatic nitrogens is 4. The minimum absolute atomic E-state index is 0.0837. The van der Waals surface area contributed by atoms with E-state index in [0.29, 0.717) is 60.5 Å². The van der Waals surface area contributed by atoms with Crippen molar-refractivity contribution in [3.63, 3.8) is 0 Å². The first kappa shape index (κ1) is 31.3. The number of likely N-dealkylation sites (tertiary alicyclic amines) is 1. The molecule has 2 unspecified atom stereocenters. The van der Waals surface area contributed by atoms with Gasteiger partial charge in [0.15, 0.2) is 17.3 Å². The Morgan fingerprint density at radius 1 is 1.17 bits per heavy atom. The molecule has 0 spiro atoms. The zero-order valence-electron chi connectivity index (χ0n) is 25.0. The predicted octanol–water partition coefficient (Wildman–Crippen LogP) is 7.50. The minimum atomic E-state index is -4.68. The summed E-state index contributed by atoms with van der Waals surface area (Å²) in [5, 5.41) is 15.6. The molecule has 8 nitrogen and oxygen atoms in total. The van der Waals surface area contributed by atoms with E-state index in [9.17, 15) is 22.8 Å². The van der Waals surface area contributed by atoms with Gasteiger partial charge in [0.05, 0.1) is 22.7 Å². The lowest BCUT2D eigenvalue weighted by Gasteiger charge is -2.35. The molecular formula is C33H28ClF5N6O2. The number of nitrogens with one attached hydrogen (secondary N) is 1. The van der Waals surface area contributed by atoms with Gasteiger partial charge in [0.1, 0.15) is 12.0 Å². The average molecular weight is 671 g/mol. The van der Waals surface area contributed by atoms with Crippen molar-refractivity contribution in [3.05, 3.63) is 87.7 Å². The van der Waals surface area contributed by atoms with Gasteiger partial charge in [-0.05, 0) is 68.1 Å². The molecule has 4 aromatic rings. The highest BCUT2D eigenvalue weighted by atomic mass is 35.5. The van der Waals surface area contributed by atoms with Crippen molar-refractivity contribution in [2.24, 2.45) is 5.41 Å². The molecular weight excluding hydrogens is 643 g/mol. The van der Waals surface area contributed by atoms with Crippen LogP contribution in [0.25, 0.3) is 11.4 Å². The molecule has 1 saturated heterocycles. The van der Waals surface area contributed by atoms with E-state index in [1.165, 1.54) is 18.3 Å². The van der Waals surface area contributed by atoms with E-state index in [4.69, 9.17) is 21.1 Å². The van der Waals surface area contributed by atoms with Gasteiger partial charge in [-0.1, -0.05) is 23.7 Å². The Morgan fingerprint density at radius 2 is 1.98 bits per heavy atom. The smallest absolute Gasteiger partial charge is 0.444 e. The number of ether oxygens (including phenoxy) is 2. The molecule has 1 aliphatic carbocycles. The van der Waals surface area contributed by atoms with Crippen LogP contribution in [0.4, 0.5) is 22.0 Å². The Labute approximate surface area is 271 Å². The fourth-order valence-corrected chi connectivity index (χ4v) is 6.56. The summed E-state index contributed by atoms with van der Waals surface area (Å²) in [6.45, 7) is 2.48. The second-order valence-corrected chi connectivity index (χ2v) is 12.9. The van der Waals surface area contributed by atoms with Crippen molar-refractivity contribution in [2.75, 3.05) is 13.1 Å². The Kier molecular flexibility index (Phi) is 7.63. The molecule has 47 heavy (non-hydrogen) atoms. The molecule has 2 aliphatic heterocycles. The van der Waals surface area contributed by atoms with Crippen LogP contribution < -0.4 is 9.47 Å². The lowest BCUT2D eigenvalue weighted by Crippen LogP contribution is -2.40. The second-order valence-electron chi connectivity index (χ2n) is 12.5. The van der Waals surface area contributed by atoms with E-state index in [0.717, 1.165) is 0 Å². The van der Waals surface area contributed by atoms with Crippen LogP contribution in [0.1, 0.15) is 60.3 Å². The van der Waals surface area contributed by atoms with Crippen LogP contribution in [0.3, 0.4) is 0 Å². The molecule has 1 saturated carbocycles. The van der Waals surface area contributed by atoms with Gasteiger partial charge < -0.3 is 9.47 Å². The average Bonchev–Trinajstić information content (AvgIpc) is 3.42. The number of hydrogen-bond donors (Lipinski definition) is 1. The molecule has 14 heteroatoms. The maximum atomic E-state index is 16.0. The Bertz CT molecular complexity index is 1890. The number of aromatic amines is 1. The standard InChI is InChI=1S/C33H28ClF5N6O2/c1-31(23-6-5-20(34)12-24(23)35)46-27-4-2-3-22(28(27)47-31)21-7-10-45(15-25(21)36)16-26-18(13-32(17-40)8-9-32)11-19(14-41-26)29-42-30(44-43-29)33(37,38)39/h2-6,11-12,14,21,25H,7-10,13,15-16H2,1H3,(H,42,43,44)/t21?,25?,31-/m0/s1. The van der Waals surface area contributed by atoms with Gasteiger partial charge in [-0.15, -0.1) is 0 Å². The lowest BCUT2D eigenvalue weighted by atomic mass is 9.87. The summed E-state index contributed by atoms with van der Waals surface area (Å²) in [4.78, 5) is 10.1. The maximum absolute atomic E-state index is 16.0. The third-order valence-corrected chi connectivity index (χ3v) is 9.36. The van der Waals surface area contributed by atoms with Crippen molar-refractivity contribution < 1.29 is 31.4 Å². The molecule has 1 N–H and O–H groups in total. The number of nitriles is 1. The summed E-state index contributed by atoms with van der Waals surface area (Å²) in [7, 11) is 0. The molecule has 2 aromatic carbocycles. The maximum Gasteiger partial charge on any atom is 0.451 e. The molecule has 3 aliphatic rings. The first-order chi connectivity index (χ1) is 22.4. The first-order valence-electron chi connectivity index (χ1n) is 15.1. The number of pyridine rings is 1. The molecule has 0 bridgehead atoms. The van der Waals surface area contributed by atoms with Gasteiger partial charge >= 0.3 is 6.18 Å². The summed E-state index contributed by atoms with van der Waals surface area (Å²) in [6.07, 6.45) is -2.33. The summed E-state index contributed by atoms with van der Waals surface area (Å²) in [5.41, 5.74) is 1.84. The van der Waals surface area contributed by atoms with Crippen molar-refractivity contribution >= 4 is 11.6 Å². The molecule has 244 valence electrons. The highest BCUT2D eigenvalue weighted by Crippen LogP contribution is 2.51. The van der Waals surface area contributed by atoms with Crippen LogP contribution in [-0.4, -0.2) is 44.3 Å². The summed E-state index contributed by atoms with van der Waals surface area (Å²) in [5.74, 6) is -3.16. The monoisotopic (exact) mass is 670 g/mol. The van der Waals surface area contributed by atoms with Gasteiger partial charge in [0.2, 0.25) is 5.82 Å². The van der Waals surface area contributed by atoms with Crippen LogP contribution in [0.2, 0.25) is 5.02 Å². The van der Waals surface area contributed by atoms with Crippen molar-refractivity contribution in [2.45, 2.75) is 63.2 Å². The Hall–Kier alpha value is -4.28. The van der Waals surface area contributed by atoms with E-state index in [1.54, 1.807) is 37.3 Å². The Morgan fingerprint density at radius 3 is 2.66 bits per heavy atom. The van der Waals surface area contributed by atoms with Crippen LogP contribution in [0.5, 0.6) is 11.5 Å². The highest BCUT2D eigenvalue weighted by molar-refractivity contribution is 6.30. The number of piperidine rings is 1. The molecule has 2 fully saturated rings. The Balaban J connectivity index is 1.09. The first-order valence-corrected chi connectivity index (χ1v) is 15.5. The van der Waals surface area contributed by atoms with Gasteiger partial charge in [0, 0.05) is 48.3 Å². The number of benzene rings is 2. The van der Waals surface area contributed by atoms with E-state index in [1.807, 2.05) is 10.00 Å². The molecule has 0 amide bonds.